The van der Waals surface area contributed by atoms with E-state index in [0.29, 0.717) is 35.4 Å². The third-order valence-electron chi connectivity index (χ3n) is 5.27. The summed E-state index contributed by atoms with van der Waals surface area (Å²) in [7, 11) is 1.76. The van der Waals surface area contributed by atoms with Gasteiger partial charge in [-0.3, -0.25) is 0 Å². The number of aromatic amines is 1. The second-order valence-electron chi connectivity index (χ2n) is 6.93. The molecule has 2 N–H and O–H groups in total. The van der Waals surface area contributed by atoms with Crippen LogP contribution in [0.4, 0.5) is 9.18 Å². The minimum absolute atomic E-state index is 0.0609. The standard InChI is InChI=1S/C17H21FN4O/c1-22(17(23)21-14-7-10-2-3-11(14)6-10)9-16-19-13-5-4-12(18)8-15(13)20-16/h4-5,8,10-11,14H,2-3,6-7,9H2,1H3,(H,19,20)(H,21,23)/t10-,11+,14+/m0/s1. The number of amides is 2. The molecule has 2 amide bonds. The summed E-state index contributed by atoms with van der Waals surface area (Å²) in [6.45, 7) is 0.378. The Hall–Kier alpha value is -2.11. The van der Waals surface area contributed by atoms with Gasteiger partial charge in [-0.2, -0.15) is 0 Å². The highest BCUT2D eigenvalue weighted by atomic mass is 19.1. The quantitative estimate of drug-likeness (QED) is 0.914. The van der Waals surface area contributed by atoms with E-state index in [4.69, 9.17) is 0 Å². The average molecular weight is 316 g/mol. The summed E-state index contributed by atoms with van der Waals surface area (Å²) in [6, 6.07) is 4.71. The lowest BCUT2D eigenvalue weighted by atomic mass is 9.95. The maximum absolute atomic E-state index is 13.2. The number of carbonyl (C=O) groups is 1. The lowest BCUT2D eigenvalue weighted by Crippen LogP contribution is -2.45. The number of benzene rings is 1. The highest BCUT2D eigenvalue weighted by molar-refractivity contribution is 5.76. The van der Waals surface area contributed by atoms with Gasteiger partial charge in [-0.1, -0.05) is 6.42 Å². The minimum Gasteiger partial charge on any atom is -0.340 e. The van der Waals surface area contributed by atoms with Crippen molar-refractivity contribution in [2.45, 2.75) is 38.3 Å². The fraction of sp³-hybridized carbons (Fsp3) is 0.529. The molecule has 4 rings (SSSR count). The molecule has 6 heteroatoms. The Balaban J connectivity index is 1.40. The van der Waals surface area contributed by atoms with Crippen LogP contribution in [0.15, 0.2) is 18.2 Å². The predicted octanol–water partition coefficient (Wildman–Crippen LogP) is 3.03. The smallest absolute Gasteiger partial charge is 0.317 e. The lowest BCUT2D eigenvalue weighted by molar-refractivity contribution is 0.196. The highest BCUT2D eigenvalue weighted by Crippen LogP contribution is 2.44. The van der Waals surface area contributed by atoms with Crippen LogP contribution >= 0.6 is 0 Å². The van der Waals surface area contributed by atoms with Crippen LogP contribution in [0.5, 0.6) is 0 Å². The van der Waals surface area contributed by atoms with Gasteiger partial charge in [-0.05, 0) is 49.3 Å². The van der Waals surface area contributed by atoms with Crippen LogP contribution in [-0.2, 0) is 6.54 Å². The largest absolute Gasteiger partial charge is 0.340 e. The first-order valence-electron chi connectivity index (χ1n) is 8.24. The van der Waals surface area contributed by atoms with Gasteiger partial charge in [-0.25, -0.2) is 14.2 Å². The van der Waals surface area contributed by atoms with E-state index in [0.717, 1.165) is 12.3 Å². The van der Waals surface area contributed by atoms with Crippen molar-refractivity contribution in [3.8, 4) is 0 Å². The molecule has 2 fully saturated rings. The van der Waals surface area contributed by atoms with Crippen molar-refractivity contribution in [3.05, 3.63) is 29.8 Å². The van der Waals surface area contributed by atoms with Crippen molar-refractivity contribution >= 4 is 17.1 Å². The predicted molar refractivity (Wildman–Crippen MR) is 85.3 cm³/mol. The summed E-state index contributed by atoms with van der Waals surface area (Å²) in [4.78, 5) is 21.5. The van der Waals surface area contributed by atoms with Crippen LogP contribution in [0, 0.1) is 17.7 Å². The van der Waals surface area contributed by atoms with Crippen LogP contribution in [0.3, 0.4) is 0 Å². The summed E-state index contributed by atoms with van der Waals surface area (Å²) in [5, 5.41) is 3.16. The normalized spacial score (nSPS) is 25.9. The molecule has 0 spiro atoms. The van der Waals surface area contributed by atoms with Crippen LogP contribution < -0.4 is 5.32 Å². The van der Waals surface area contributed by atoms with Crippen LogP contribution in [0.2, 0.25) is 0 Å². The molecule has 2 bridgehead atoms. The number of halogens is 1. The van der Waals surface area contributed by atoms with Gasteiger partial charge in [0.15, 0.2) is 0 Å². The summed E-state index contributed by atoms with van der Waals surface area (Å²) in [5.41, 5.74) is 1.37. The molecule has 0 radical (unpaired) electrons. The number of rotatable bonds is 3. The van der Waals surface area contributed by atoms with E-state index in [-0.39, 0.29) is 11.8 Å². The number of nitrogens with zero attached hydrogens (tertiary/aromatic N) is 2. The first kappa shape index (κ1) is 14.5. The monoisotopic (exact) mass is 316 g/mol. The molecule has 3 atom stereocenters. The van der Waals surface area contributed by atoms with Crippen molar-refractivity contribution in [2.24, 2.45) is 11.8 Å². The second-order valence-corrected chi connectivity index (χ2v) is 6.93. The Bertz CT molecular complexity index is 743. The number of nitrogens with one attached hydrogen (secondary N) is 2. The van der Waals surface area contributed by atoms with Gasteiger partial charge in [0.05, 0.1) is 17.6 Å². The molecular formula is C17H21FN4O. The van der Waals surface area contributed by atoms with E-state index < -0.39 is 0 Å². The van der Waals surface area contributed by atoms with Gasteiger partial charge in [0.25, 0.3) is 0 Å². The number of carbonyl (C=O) groups excluding carboxylic acids is 1. The van der Waals surface area contributed by atoms with Crippen LogP contribution in [0.1, 0.15) is 31.5 Å². The molecule has 1 heterocycles. The molecule has 2 saturated carbocycles. The molecule has 23 heavy (non-hydrogen) atoms. The van der Waals surface area contributed by atoms with Gasteiger partial charge >= 0.3 is 6.03 Å². The molecular weight excluding hydrogens is 295 g/mol. The zero-order chi connectivity index (χ0) is 16.0. The van der Waals surface area contributed by atoms with Gasteiger partial charge in [0, 0.05) is 13.1 Å². The molecule has 2 aliphatic carbocycles. The Labute approximate surface area is 134 Å². The molecule has 0 aliphatic heterocycles. The Morgan fingerprint density at radius 3 is 3.04 bits per heavy atom. The molecule has 122 valence electrons. The van der Waals surface area contributed by atoms with Gasteiger partial charge in [0.1, 0.15) is 11.6 Å². The van der Waals surface area contributed by atoms with Gasteiger partial charge < -0.3 is 15.2 Å². The Morgan fingerprint density at radius 1 is 1.43 bits per heavy atom. The van der Waals surface area contributed by atoms with Gasteiger partial charge in [0.2, 0.25) is 0 Å². The highest BCUT2D eigenvalue weighted by Gasteiger charge is 2.40. The maximum Gasteiger partial charge on any atom is 0.317 e. The Morgan fingerprint density at radius 2 is 2.30 bits per heavy atom. The van der Waals surface area contributed by atoms with Crippen molar-refractivity contribution in [1.82, 2.24) is 20.2 Å². The third kappa shape index (κ3) is 2.78. The fourth-order valence-corrected chi connectivity index (χ4v) is 4.10. The molecule has 0 saturated heterocycles. The zero-order valence-electron chi connectivity index (χ0n) is 13.2. The topological polar surface area (TPSA) is 61.0 Å². The SMILES string of the molecule is CN(Cc1nc2ccc(F)cc2[nH]1)C(=O)N[C@@H]1C[C@H]2CC[C@@H]1C2. The fourth-order valence-electron chi connectivity index (χ4n) is 4.10. The molecule has 2 aromatic rings. The molecule has 0 unspecified atom stereocenters. The first-order valence-corrected chi connectivity index (χ1v) is 8.24. The maximum atomic E-state index is 13.2. The third-order valence-corrected chi connectivity index (χ3v) is 5.27. The molecule has 2 aliphatic rings. The number of urea groups is 1. The van der Waals surface area contributed by atoms with Crippen molar-refractivity contribution < 1.29 is 9.18 Å². The number of hydrogen-bond acceptors (Lipinski definition) is 2. The second kappa shape index (κ2) is 5.51. The van der Waals surface area contributed by atoms with Gasteiger partial charge in [-0.15, -0.1) is 0 Å². The van der Waals surface area contributed by atoms with E-state index in [1.165, 1.54) is 31.4 Å². The lowest BCUT2D eigenvalue weighted by Gasteiger charge is -2.26. The molecule has 1 aromatic carbocycles. The average Bonchev–Trinajstić information content (AvgIpc) is 3.21. The summed E-state index contributed by atoms with van der Waals surface area (Å²) < 4.78 is 13.2. The number of H-pyrrole nitrogens is 1. The molecule has 1 aromatic heterocycles. The van der Waals surface area contributed by atoms with E-state index in [1.807, 2.05) is 0 Å². The number of hydrogen-bond donors (Lipinski definition) is 2. The Kier molecular flexibility index (Phi) is 3.47. The van der Waals surface area contributed by atoms with Crippen molar-refractivity contribution in [2.75, 3.05) is 7.05 Å². The molecule has 5 nitrogen and oxygen atoms in total. The number of aromatic nitrogens is 2. The van der Waals surface area contributed by atoms with Crippen molar-refractivity contribution in [3.63, 3.8) is 0 Å². The van der Waals surface area contributed by atoms with E-state index in [1.54, 1.807) is 18.0 Å². The van der Waals surface area contributed by atoms with Crippen LogP contribution in [-0.4, -0.2) is 34.0 Å². The summed E-state index contributed by atoms with van der Waals surface area (Å²) >= 11 is 0. The van der Waals surface area contributed by atoms with Crippen molar-refractivity contribution in [1.29, 1.82) is 0 Å². The van der Waals surface area contributed by atoms with E-state index >= 15 is 0 Å². The minimum atomic E-state index is -0.296. The summed E-state index contributed by atoms with van der Waals surface area (Å²) in [5.74, 6) is 1.83. The number of imidazole rings is 1. The zero-order valence-corrected chi connectivity index (χ0v) is 13.2. The summed E-state index contributed by atoms with van der Waals surface area (Å²) in [6.07, 6.45) is 4.95. The van der Waals surface area contributed by atoms with E-state index in [9.17, 15) is 9.18 Å². The first-order chi connectivity index (χ1) is 11.1. The van der Waals surface area contributed by atoms with E-state index in [2.05, 4.69) is 15.3 Å². The van der Waals surface area contributed by atoms with Crippen LogP contribution in [0.25, 0.3) is 11.0 Å². The number of fused-ring (bicyclic) bond motifs is 3.